The summed E-state index contributed by atoms with van der Waals surface area (Å²) >= 11 is 0. The first kappa shape index (κ1) is 16.0. The maximum absolute atomic E-state index is 12.5. The van der Waals surface area contributed by atoms with Crippen molar-refractivity contribution >= 4 is 27.8 Å². The van der Waals surface area contributed by atoms with Crippen LogP contribution in [0.3, 0.4) is 0 Å². The molecule has 0 aliphatic carbocycles. The fourth-order valence-electron chi connectivity index (χ4n) is 3.84. The van der Waals surface area contributed by atoms with Gasteiger partial charge in [-0.25, -0.2) is 15.0 Å². The number of rotatable bonds is 2. The molecule has 4 rings (SSSR count). The van der Waals surface area contributed by atoms with Crippen molar-refractivity contribution < 1.29 is 4.79 Å². The number of piperidine rings is 1. The Morgan fingerprint density at radius 1 is 1.36 bits per heavy atom. The largest absolute Gasteiger partial charge is 0.346 e. The Hall–Kier alpha value is -2.50. The third-order valence-electron chi connectivity index (χ3n) is 5.00. The van der Waals surface area contributed by atoms with E-state index in [9.17, 15) is 4.79 Å². The zero-order valence-electron chi connectivity index (χ0n) is 14.9. The number of hydrogen-bond acceptors (Lipinski definition) is 4. The van der Waals surface area contributed by atoms with Crippen molar-refractivity contribution in [2.24, 2.45) is 5.92 Å². The average Bonchev–Trinajstić information content (AvgIpc) is 3.09. The average molecular weight is 337 g/mol. The number of carbonyl (C=O) groups is 1. The Balaban J connectivity index is 1.82. The minimum absolute atomic E-state index is 0.0308. The van der Waals surface area contributed by atoms with Crippen LogP contribution in [0, 0.1) is 12.8 Å². The molecule has 1 atom stereocenters. The molecule has 0 saturated carbocycles. The SMILES string of the molecule is Cc1nc(C2CCCN(C(=O)C(C)C)C2)c2c(cnc3[nH]ccc32)n1. The highest BCUT2D eigenvalue weighted by Gasteiger charge is 2.28. The normalized spacial score (nSPS) is 18.4. The number of likely N-dealkylation sites (tertiary alicyclic amines) is 1. The summed E-state index contributed by atoms with van der Waals surface area (Å²) < 4.78 is 0. The molecule has 1 aliphatic heterocycles. The highest BCUT2D eigenvalue weighted by Crippen LogP contribution is 2.33. The highest BCUT2D eigenvalue weighted by atomic mass is 16.2. The number of nitrogens with zero attached hydrogens (tertiary/aromatic N) is 4. The van der Waals surface area contributed by atoms with Crippen LogP contribution in [0.5, 0.6) is 0 Å². The Bertz CT molecular complexity index is 946. The third kappa shape index (κ3) is 2.75. The van der Waals surface area contributed by atoms with E-state index in [4.69, 9.17) is 4.98 Å². The molecule has 1 N–H and O–H groups in total. The molecule has 130 valence electrons. The van der Waals surface area contributed by atoms with Crippen LogP contribution < -0.4 is 0 Å². The number of fused-ring (bicyclic) bond motifs is 3. The van der Waals surface area contributed by atoms with Gasteiger partial charge in [0, 0.05) is 41.9 Å². The summed E-state index contributed by atoms with van der Waals surface area (Å²) in [6, 6.07) is 2.03. The maximum Gasteiger partial charge on any atom is 0.225 e. The lowest BCUT2D eigenvalue weighted by atomic mass is 9.91. The van der Waals surface area contributed by atoms with Gasteiger partial charge in [0.2, 0.25) is 5.91 Å². The fraction of sp³-hybridized carbons (Fsp3) is 0.474. The summed E-state index contributed by atoms with van der Waals surface area (Å²) in [4.78, 5) is 31.4. The molecule has 1 saturated heterocycles. The fourth-order valence-corrected chi connectivity index (χ4v) is 3.84. The van der Waals surface area contributed by atoms with E-state index in [0.29, 0.717) is 0 Å². The molecule has 4 heterocycles. The summed E-state index contributed by atoms with van der Waals surface area (Å²) in [5.41, 5.74) is 2.78. The molecule has 1 aliphatic rings. The highest BCUT2D eigenvalue weighted by molar-refractivity contribution is 6.04. The maximum atomic E-state index is 12.5. The first-order valence-corrected chi connectivity index (χ1v) is 8.93. The number of amides is 1. The second-order valence-electron chi connectivity index (χ2n) is 7.19. The molecule has 6 nitrogen and oxygen atoms in total. The lowest BCUT2D eigenvalue weighted by Gasteiger charge is -2.34. The Morgan fingerprint density at radius 2 is 2.20 bits per heavy atom. The van der Waals surface area contributed by atoms with Crippen LogP contribution >= 0.6 is 0 Å². The van der Waals surface area contributed by atoms with Gasteiger partial charge in [0.1, 0.15) is 11.5 Å². The molecule has 0 radical (unpaired) electrons. The predicted molar refractivity (Wildman–Crippen MR) is 97.3 cm³/mol. The van der Waals surface area contributed by atoms with E-state index in [1.165, 1.54) is 0 Å². The van der Waals surface area contributed by atoms with Gasteiger partial charge in [0.15, 0.2) is 0 Å². The van der Waals surface area contributed by atoms with Crippen molar-refractivity contribution in [3.8, 4) is 0 Å². The summed E-state index contributed by atoms with van der Waals surface area (Å²) in [5.74, 6) is 1.25. The summed E-state index contributed by atoms with van der Waals surface area (Å²) in [6.45, 7) is 7.42. The van der Waals surface area contributed by atoms with Crippen molar-refractivity contribution in [1.29, 1.82) is 0 Å². The topological polar surface area (TPSA) is 74.8 Å². The number of aryl methyl sites for hydroxylation is 1. The van der Waals surface area contributed by atoms with Crippen LogP contribution in [0.15, 0.2) is 18.5 Å². The predicted octanol–water partition coefficient (Wildman–Crippen LogP) is 3.18. The lowest BCUT2D eigenvalue weighted by Crippen LogP contribution is -2.41. The minimum Gasteiger partial charge on any atom is -0.346 e. The van der Waals surface area contributed by atoms with Gasteiger partial charge in [-0.05, 0) is 25.8 Å². The monoisotopic (exact) mass is 337 g/mol. The number of pyridine rings is 1. The van der Waals surface area contributed by atoms with Crippen LogP contribution in [0.4, 0.5) is 0 Å². The van der Waals surface area contributed by atoms with E-state index >= 15 is 0 Å². The van der Waals surface area contributed by atoms with Crippen LogP contribution in [0.25, 0.3) is 21.9 Å². The molecule has 3 aromatic rings. The van der Waals surface area contributed by atoms with Gasteiger partial charge in [0.25, 0.3) is 0 Å². The number of carbonyl (C=O) groups excluding carboxylic acids is 1. The van der Waals surface area contributed by atoms with Crippen LogP contribution in [0.2, 0.25) is 0 Å². The lowest BCUT2D eigenvalue weighted by molar-refractivity contribution is -0.135. The minimum atomic E-state index is 0.0308. The van der Waals surface area contributed by atoms with Crippen LogP contribution in [-0.4, -0.2) is 43.8 Å². The molecule has 3 aromatic heterocycles. The first-order chi connectivity index (χ1) is 12.0. The summed E-state index contributed by atoms with van der Waals surface area (Å²) in [7, 11) is 0. The Kier molecular flexibility index (Phi) is 3.90. The molecule has 0 bridgehead atoms. The molecular weight excluding hydrogens is 314 g/mol. The zero-order chi connectivity index (χ0) is 17.6. The molecule has 6 heteroatoms. The standard InChI is InChI=1S/C19H23N5O/c1-11(2)19(25)24-8-4-5-13(10-24)17-16-14-6-7-20-18(14)21-9-15(16)22-12(3)23-17/h6-7,9,11,13H,4-5,8,10H2,1-3H3,(H,20,21). The van der Waals surface area contributed by atoms with E-state index in [1.54, 1.807) is 0 Å². The number of H-pyrrole nitrogens is 1. The van der Waals surface area contributed by atoms with Crippen molar-refractivity contribution in [1.82, 2.24) is 24.8 Å². The summed E-state index contributed by atoms with van der Waals surface area (Å²) in [5, 5.41) is 2.13. The van der Waals surface area contributed by atoms with Gasteiger partial charge in [0.05, 0.1) is 17.4 Å². The van der Waals surface area contributed by atoms with Crippen LogP contribution in [0.1, 0.15) is 44.1 Å². The van der Waals surface area contributed by atoms with Crippen LogP contribution in [-0.2, 0) is 4.79 Å². The van der Waals surface area contributed by atoms with E-state index < -0.39 is 0 Å². The molecule has 0 aromatic carbocycles. The molecule has 25 heavy (non-hydrogen) atoms. The van der Waals surface area contributed by atoms with Crippen molar-refractivity contribution in [2.45, 2.75) is 39.5 Å². The van der Waals surface area contributed by atoms with E-state index in [1.807, 2.05) is 44.1 Å². The quantitative estimate of drug-likeness (QED) is 0.779. The molecule has 1 fully saturated rings. The number of nitrogens with one attached hydrogen (secondary N) is 1. The smallest absolute Gasteiger partial charge is 0.225 e. The van der Waals surface area contributed by atoms with Crippen molar-refractivity contribution in [3.05, 3.63) is 30.0 Å². The second kappa shape index (κ2) is 6.10. The third-order valence-corrected chi connectivity index (χ3v) is 5.00. The van der Waals surface area contributed by atoms with E-state index in [2.05, 4.69) is 15.0 Å². The molecule has 0 spiro atoms. The first-order valence-electron chi connectivity index (χ1n) is 8.93. The van der Waals surface area contributed by atoms with Gasteiger partial charge in [-0.2, -0.15) is 0 Å². The van der Waals surface area contributed by atoms with Crippen molar-refractivity contribution in [3.63, 3.8) is 0 Å². The second-order valence-corrected chi connectivity index (χ2v) is 7.19. The Labute approximate surface area is 146 Å². The van der Waals surface area contributed by atoms with E-state index in [0.717, 1.165) is 59.4 Å². The number of aromatic nitrogens is 4. The number of hydrogen-bond donors (Lipinski definition) is 1. The van der Waals surface area contributed by atoms with Gasteiger partial charge >= 0.3 is 0 Å². The molecule has 1 amide bonds. The number of aromatic amines is 1. The molecular formula is C19H23N5O. The van der Waals surface area contributed by atoms with Gasteiger partial charge in [-0.3, -0.25) is 4.79 Å². The van der Waals surface area contributed by atoms with Gasteiger partial charge in [-0.15, -0.1) is 0 Å². The zero-order valence-corrected chi connectivity index (χ0v) is 14.9. The van der Waals surface area contributed by atoms with Gasteiger partial charge in [-0.1, -0.05) is 13.8 Å². The molecule has 1 unspecified atom stereocenters. The van der Waals surface area contributed by atoms with E-state index in [-0.39, 0.29) is 17.7 Å². The van der Waals surface area contributed by atoms with Crippen molar-refractivity contribution in [2.75, 3.05) is 13.1 Å². The Morgan fingerprint density at radius 3 is 3.00 bits per heavy atom. The summed E-state index contributed by atoms with van der Waals surface area (Å²) in [6.07, 6.45) is 5.76. The van der Waals surface area contributed by atoms with Gasteiger partial charge < -0.3 is 9.88 Å².